The number of carbonyl (C=O) groups is 1. The molecule has 4 rings (SSSR count). The molecule has 0 aliphatic heterocycles. The minimum atomic E-state index is -3.60. The third-order valence-electron chi connectivity index (χ3n) is 5.35. The van der Waals surface area contributed by atoms with Crippen molar-refractivity contribution in [3.8, 4) is 0 Å². The molecule has 0 fully saturated rings. The van der Waals surface area contributed by atoms with E-state index in [-0.39, 0.29) is 10.8 Å². The third kappa shape index (κ3) is 3.41. The van der Waals surface area contributed by atoms with Gasteiger partial charge in [-0.15, -0.1) is 0 Å². The van der Waals surface area contributed by atoms with E-state index in [1.54, 1.807) is 19.1 Å². The topological polar surface area (TPSA) is 79.4 Å². The minimum Gasteiger partial charge on any atom is -0.322 e. The molecule has 2 aromatic carbocycles. The highest BCUT2D eigenvalue weighted by Gasteiger charge is 2.25. The molecule has 0 spiro atoms. The second-order valence-corrected chi connectivity index (χ2v) is 9.62. The van der Waals surface area contributed by atoms with Gasteiger partial charge < -0.3 is 5.32 Å². The molecule has 1 amide bonds. The Morgan fingerprint density at radius 2 is 1.86 bits per heavy atom. The molecule has 150 valence electrons. The molecule has 0 bridgehead atoms. The van der Waals surface area contributed by atoms with Gasteiger partial charge >= 0.3 is 0 Å². The van der Waals surface area contributed by atoms with Gasteiger partial charge in [-0.1, -0.05) is 24.3 Å². The highest BCUT2D eigenvalue weighted by atomic mass is 32.2. The largest absolute Gasteiger partial charge is 0.322 e. The smallest absolute Gasteiger partial charge is 0.256 e. The lowest BCUT2D eigenvalue weighted by Crippen LogP contribution is -2.23. The number of hydrogen-bond donors (Lipinski definition) is 1. The van der Waals surface area contributed by atoms with Crippen LogP contribution in [0.5, 0.6) is 0 Å². The summed E-state index contributed by atoms with van der Waals surface area (Å²) in [7, 11) is -0.618. The highest BCUT2D eigenvalue weighted by Crippen LogP contribution is 2.31. The predicted octanol–water partition coefficient (Wildman–Crippen LogP) is 3.53. The molecule has 6 nitrogen and oxygen atoms in total. The Balaban J connectivity index is 1.77. The maximum absolute atomic E-state index is 13.3. The van der Waals surface area contributed by atoms with E-state index >= 15 is 0 Å². The SMILES string of the molecule is Cc1ccc(NC(=O)c2c3c(nc4ccccc24)CCC3)cc1S(=O)(=O)N(C)C. The molecule has 0 saturated heterocycles. The van der Waals surface area contributed by atoms with Gasteiger partial charge in [-0.05, 0) is 55.5 Å². The van der Waals surface area contributed by atoms with Crippen molar-refractivity contribution in [2.24, 2.45) is 0 Å². The Morgan fingerprint density at radius 3 is 2.62 bits per heavy atom. The lowest BCUT2D eigenvalue weighted by atomic mass is 10.0. The van der Waals surface area contributed by atoms with Crippen LogP contribution in [0.3, 0.4) is 0 Å². The average molecular weight is 410 g/mol. The van der Waals surface area contributed by atoms with Crippen molar-refractivity contribution < 1.29 is 13.2 Å². The summed E-state index contributed by atoms with van der Waals surface area (Å²) < 4.78 is 26.4. The zero-order valence-electron chi connectivity index (χ0n) is 16.7. The number of para-hydroxylation sites is 1. The molecule has 1 heterocycles. The molecule has 0 radical (unpaired) electrons. The van der Waals surface area contributed by atoms with E-state index in [9.17, 15) is 13.2 Å². The first-order chi connectivity index (χ1) is 13.8. The van der Waals surface area contributed by atoms with Gasteiger partial charge in [0.2, 0.25) is 10.0 Å². The highest BCUT2D eigenvalue weighted by molar-refractivity contribution is 7.89. The number of pyridine rings is 1. The first-order valence-corrected chi connectivity index (χ1v) is 11.0. The Kier molecular flexibility index (Phi) is 4.88. The number of rotatable bonds is 4. The Bertz CT molecular complexity index is 1230. The van der Waals surface area contributed by atoms with Crippen molar-refractivity contribution in [3.05, 3.63) is 64.8 Å². The van der Waals surface area contributed by atoms with Gasteiger partial charge in [0.1, 0.15) is 0 Å². The van der Waals surface area contributed by atoms with Crippen molar-refractivity contribution >= 4 is 32.5 Å². The number of amides is 1. The number of anilines is 1. The number of aryl methyl sites for hydroxylation is 2. The van der Waals surface area contributed by atoms with Crippen LogP contribution < -0.4 is 5.32 Å². The van der Waals surface area contributed by atoms with E-state index in [0.717, 1.165) is 41.4 Å². The quantitative estimate of drug-likeness (QED) is 0.715. The van der Waals surface area contributed by atoms with E-state index in [0.29, 0.717) is 16.8 Å². The van der Waals surface area contributed by atoms with E-state index in [4.69, 9.17) is 4.98 Å². The molecule has 7 heteroatoms. The number of benzene rings is 2. The molecular formula is C22H23N3O3S. The molecule has 0 saturated carbocycles. The van der Waals surface area contributed by atoms with Crippen LogP contribution in [0.4, 0.5) is 5.69 Å². The third-order valence-corrected chi connectivity index (χ3v) is 7.31. The van der Waals surface area contributed by atoms with Crippen LogP contribution in [0.25, 0.3) is 10.9 Å². The van der Waals surface area contributed by atoms with Crippen LogP contribution in [0.1, 0.15) is 33.6 Å². The molecule has 1 aliphatic carbocycles. The van der Waals surface area contributed by atoms with Crippen molar-refractivity contribution in [2.75, 3.05) is 19.4 Å². The summed E-state index contributed by atoms with van der Waals surface area (Å²) in [6.07, 6.45) is 2.68. The lowest BCUT2D eigenvalue weighted by Gasteiger charge is -2.16. The van der Waals surface area contributed by atoms with Crippen LogP contribution >= 0.6 is 0 Å². The fourth-order valence-corrected chi connectivity index (χ4v) is 4.96. The summed E-state index contributed by atoms with van der Waals surface area (Å²) in [4.78, 5) is 18.2. The van der Waals surface area contributed by atoms with Crippen LogP contribution in [0.2, 0.25) is 0 Å². The summed E-state index contributed by atoms with van der Waals surface area (Å²) in [5, 5.41) is 3.73. The van der Waals surface area contributed by atoms with E-state index < -0.39 is 10.0 Å². The summed E-state index contributed by atoms with van der Waals surface area (Å²) in [5.41, 5.74) is 4.50. The fourth-order valence-electron chi connectivity index (χ4n) is 3.82. The number of nitrogens with one attached hydrogen (secondary N) is 1. The van der Waals surface area contributed by atoms with E-state index in [1.807, 2.05) is 24.3 Å². The van der Waals surface area contributed by atoms with Gasteiger partial charge in [-0.3, -0.25) is 9.78 Å². The van der Waals surface area contributed by atoms with Gasteiger partial charge in [0.05, 0.1) is 16.0 Å². The Hall–Kier alpha value is -2.77. The lowest BCUT2D eigenvalue weighted by molar-refractivity contribution is 0.102. The number of carbonyl (C=O) groups excluding carboxylic acids is 1. The van der Waals surface area contributed by atoms with Crippen molar-refractivity contribution in [2.45, 2.75) is 31.1 Å². The Labute approximate surface area is 170 Å². The molecule has 0 unspecified atom stereocenters. The first-order valence-electron chi connectivity index (χ1n) is 9.54. The number of sulfonamides is 1. The minimum absolute atomic E-state index is 0.185. The molecule has 3 aromatic rings. The monoisotopic (exact) mass is 409 g/mol. The van der Waals surface area contributed by atoms with Gasteiger partial charge in [-0.25, -0.2) is 12.7 Å². The fraction of sp³-hybridized carbons (Fsp3) is 0.273. The van der Waals surface area contributed by atoms with Crippen molar-refractivity contribution in [1.29, 1.82) is 0 Å². The molecule has 1 N–H and O–H groups in total. The van der Waals surface area contributed by atoms with Crippen LogP contribution in [0.15, 0.2) is 47.4 Å². The van der Waals surface area contributed by atoms with E-state index in [2.05, 4.69) is 5.32 Å². The standard InChI is InChI=1S/C22H23N3O3S/c1-14-11-12-15(13-20(14)29(27,28)25(2)3)23-22(26)21-16-7-4-5-9-18(16)24-19-10-6-8-17(19)21/h4-5,7,9,11-13H,6,8,10H2,1-3H3,(H,23,26). The van der Waals surface area contributed by atoms with Crippen LogP contribution in [-0.2, 0) is 22.9 Å². The van der Waals surface area contributed by atoms with Crippen LogP contribution in [-0.4, -0.2) is 37.7 Å². The zero-order chi connectivity index (χ0) is 20.8. The maximum atomic E-state index is 13.3. The average Bonchev–Trinajstić information content (AvgIpc) is 3.15. The molecule has 29 heavy (non-hydrogen) atoms. The zero-order valence-corrected chi connectivity index (χ0v) is 17.5. The molecular weight excluding hydrogens is 386 g/mol. The number of nitrogens with zero attached hydrogens (tertiary/aromatic N) is 2. The second kappa shape index (κ2) is 7.24. The molecule has 0 atom stereocenters. The summed E-state index contributed by atoms with van der Waals surface area (Å²) >= 11 is 0. The maximum Gasteiger partial charge on any atom is 0.256 e. The first kappa shape index (κ1) is 19.5. The normalized spacial score (nSPS) is 13.7. The predicted molar refractivity (Wildman–Crippen MR) is 114 cm³/mol. The van der Waals surface area contributed by atoms with Crippen molar-refractivity contribution in [3.63, 3.8) is 0 Å². The number of hydrogen-bond acceptors (Lipinski definition) is 4. The van der Waals surface area contributed by atoms with Crippen molar-refractivity contribution in [1.82, 2.24) is 9.29 Å². The molecule has 1 aliphatic rings. The molecule has 1 aromatic heterocycles. The Morgan fingerprint density at radius 1 is 1.10 bits per heavy atom. The summed E-state index contributed by atoms with van der Waals surface area (Å²) in [6, 6.07) is 12.6. The summed E-state index contributed by atoms with van der Waals surface area (Å²) in [5.74, 6) is -0.237. The number of fused-ring (bicyclic) bond motifs is 2. The van der Waals surface area contributed by atoms with Gasteiger partial charge in [0.25, 0.3) is 5.91 Å². The van der Waals surface area contributed by atoms with Gasteiger partial charge in [0.15, 0.2) is 0 Å². The van der Waals surface area contributed by atoms with Gasteiger partial charge in [-0.2, -0.15) is 0 Å². The van der Waals surface area contributed by atoms with Crippen LogP contribution in [0, 0.1) is 6.92 Å². The van der Waals surface area contributed by atoms with E-state index in [1.165, 1.54) is 24.5 Å². The van der Waals surface area contributed by atoms with Gasteiger partial charge in [0, 0.05) is 30.9 Å². The number of aromatic nitrogens is 1. The summed E-state index contributed by atoms with van der Waals surface area (Å²) in [6.45, 7) is 1.74. The second-order valence-electron chi connectivity index (χ2n) is 7.50.